The van der Waals surface area contributed by atoms with Crippen molar-refractivity contribution in [2.75, 3.05) is 0 Å². The van der Waals surface area contributed by atoms with Gasteiger partial charge in [0.25, 0.3) is 0 Å². The molecule has 0 unspecified atom stereocenters. The van der Waals surface area contributed by atoms with E-state index in [1.54, 1.807) is 46.9 Å². The zero-order chi connectivity index (χ0) is 13.9. The highest BCUT2D eigenvalue weighted by Crippen LogP contribution is 2.24. The van der Waals surface area contributed by atoms with Crippen molar-refractivity contribution in [3.8, 4) is 11.3 Å². The van der Waals surface area contributed by atoms with E-state index in [-0.39, 0.29) is 0 Å². The second kappa shape index (κ2) is 5.56. The van der Waals surface area contributed by atoms with Gasteiger partial charge >= 0.3 is 5.97 Å². The smallest absolute Gasteiger partial charge is 0.335 e. The lowest BCUT2D eigenvalue weighted by molar-refractivity contribution is 0.0697. The number of rotatable bonds is 4. The van der Waals surface area contributed by atoms with Crippen LogP contribution < -0.4 is 0 Å². The van der Waals surface area contributed by atoms with E-state index in [2.05, 4.69) is 16.4 Å². The van der Waals surface area contributed by atoms with E-state index in [1.807, 2.05) is 11.4 Å². The van der Waals surface area contributed by atoms with Gasteiger partial charge in [-0.3, -0.25) is 0 Å². The lowest BCUT2D eigenvalue weighted by Gasteiger charge is -1.98. The third-order valence-corrected chi connectivity index (χ3v) is 4.61. The Balaban J connectivity index is 1.80. The van der Waals surface area contributed by atoms with Crippen molar-refractivity contribution in [1.82, 2.24) is 4.98 Å². The fraction of sp³-hybridized carbons (Fsp3) is 0.0667. The van der Waals surface area contributed by atoms with Crippen LogP contribution in [0.2, 0.25) is 0 Å². The van der Waals surface area contributed by atoms with Crippen molar-refractivity contribution in [2.45, 2.75) is 6.42 Å². The Morgan fingerprint density at radius 1 is 1.15 bits per heavy atom. The van der Waals surface area contributed by atoms with Crippen molar-refractivity contribution < 1.29 is 9.90 Å². The first-order chi connectivity index (χ1) is 9.72. The van der Waals surface area contributed by atoms with Crippen LogP contribution in [-0.4, -0.2) is 16.1 Å². The number of thiazole rings is 1. The summed E-state index contributed by atoms with van der Waals surface area (Å²) in [5, 5.41) is 14.0. The van der Waals surface area contributed by atoms with E-state index >= 15 is 0 Å². The Bertz CT molecular complexity index is 715. The molecule has 20 heavy (non-hydrogen) atoms. The monoisotopic (exact) mass is 301 g/mol. The van der Waals surface area contributed by atoms with Crippen molar-refractivity contribution >= 4 is 28.6 Å². The van der Waals surface area contributed by atoms with Crippen LogP contribution in [-0.2, 0) is 6.42 Å². The molecule has 2 aromatic heterocycles. The van der Waals surface area contributed by atoms with Crippen LogP contribution in [0.25, 0.3) is 11.3 Å². The number of thiophene rings is 1. The number of nitrogens with zero attached hydrogens (tertiary/aromatic N) is 1. The maximum Gasteiger partial charge on any atom is 0.335 e. The highest BCUT2D eigenvalue weighted by Gasteiger charge is 2.07. The van der Waals surface area contributed by atoms with E-state index in [0.717, 1.165) is 22.7 Å². The second-order valence-electron chi connectivity index (χ2n) is 4.27. The molecule has 0 bridgehead atoms. The maximum atomic E-state index is 10.8. The molecule has 3 aromatic rings. The number of hydrogen-bond donors (Lipinski definition) is 1. The summed E-state index contributed by atoms with van der Waals surface area (Å²) in [5.74, 6) is -0.909. The van der Waals surface area contributed by atoms with E-state index in [0.29, 0.717) is 5.56 Å². The molecule has 0 saturated heterocycles. The number of benzene rings is 1. The Morgan fingerprint density at radius 3 is 2.60 bits per heavy atom. The summed E-state index contributed by atoms with van der Waals surface area (Å²) in [7, 11) is 0. The Labute approximate surface area is 124 Å². The van der Waals surface area contributed by atoms with Gasteiger partial charge < -0.3 is 5.11 Å². The second-order valence-corrected chi connectivity index (χ2v) is 6.24. The SMILES string of the molecule is O=C(O)c1ccc(-c2csc(Cc3cccs3)n2)cc1. The normalized spacial score (nSPS) is 10.6. The topological polar surface area (TPSA) is 50.2 Å². The van der Waals surface area contributed by atoms with E-state index in [4.69, 9.17) is 5.11 Å². The molecule has 0 saturated carbocycles. The number of carbonyl (C=O) groups is 1. The molecular weight excluding hydrogens is 290 g/mol. The Morgan fingerprint density at radius 2 is 1.95 bits per heavy atom. The van der Waals surface area contributed by atoms with Crippen LogP contribution in [0.3, 0.4) is 0 Å². The molecule has 0 atom stereocenters. The van der Waals surface area contributed by atoms with Gasteiger partial charge in [0.2, 0.25) is 0 Å². The predicted molar refractivity (Wildman–Crippen MR) is 81.6 cm³/mol. The average Bonchev–Trinajstić information content (AvgIpc) is 3.11. The fourth-order valence-corrected chi connectivity index (χ4v) is 3.50. The van der Waals surface area contributed by atoms with Gasteiger partial charge in [-0.15, -0.1) is 22.7 Å². The maximum absolute atomic E-state index is 10.8. The molecule has 1 aromatic carbocycles. The summed E-state index contributed by atoms with van der Waals surface area (Å²) in [6, 6.07) is 11.0. The fourth-order valence-electron chi connectivity index (χ4n) is 1.87. The zero-order valence-electron chi connectivity index (χ0n) is 10.4. The molecule has 1 N–H and O–H groups in total. The standard InChI is InChI=1S/C15H11NO2S2/c17-15(18)11-5-3-10(4-6-11)13-9-20-14(16-13)8-12-2-1-7-19-12/h1-7,9H,8H2,(H,17,18). The predicted octanol–water partition coefficient (Wildman–Crippen LogP) is 4.16. The molecule has 3 rings (SSSR count). The highest BCUT2D eigenvalue weighted by molar-refractivity contribution is 7.11. The van der Waals surface area contributed by atoms with Gasteiger partial charge in [-0.25, -0.2) is 9.78 Å². The van der Waals surface area contributed by atoms with E-state index in [1.165, 1.54) is 4.88 Å². The van der Waals surface area contributed by atoms with Crippen LogP contribution in [0, 0.1) is 0 Å². The third kappa shape index (κ3) is 2.79. The lowest BCUT2D eigenvalue weighted by atomic mass is 10.1. The molecular formula is C15H11NO2S2. The molecule has 0 amide bonds. The summed E-state index contributed by atoms with van der Waals surface area (Å²) in [4.78, 5) is 16.7. The summed E-state index contributed by atoms with van der Waals surface area (Å²) in [5.41, 5.74) is 2.14. The van der Waals surface area contributed by atoms with Gasteiger partial charge in [0, 0.05) is 22.2 Å². The van der Waals surface area contributed by atoms with E-state index in [9.17, 15) is 4.79 Å². The minimum absolute atomic E-state index is 0.294. The van der Waals surface area contributed by atoms with Gasteiger partial charge in [-0.2, -0.15) is 0 Å². The summed E-state index contributed by atoms with van der Waals surface area (Å²) in [6.07, 6.45) is 0.857. The van der Waals surface area contributed by atoms with Crippen molar-refractivity contribution in [3.63, 3.8) is 0 Å². The first kappa shape index (κ1) is 13.0. The molecule has 0 aliphatic heterocycles. The first-order valence-corrected chi connectivity index (χ1v) is 7.79. The van der Waals surface area contributed by atoms with Gasteiger partial charge in [-0.05, 0) is 23.6 Å². The van der Waals surface area contributed by atoms with Crippen molar-refractivity contribution in [3.05, 3.63) is 62.6 Å². The lowest BCUT2D eigenvalue weighted by Crippen LogP contribution is -1.95. The first-order valence-electron chi connectivity index (χ1n) is 6.03. The number of hydrogen-bond acceptors (Lipinski definition) is 4. The van der Waals surface area contributed by atoms with Gasteiger partial charge in [0.15, 0.2) is 0 Å². The molecule has 100 valence electrons. The molecule has 5 heteroatoms. The van der Waals surface area contributed by atoms with Crippen LogP contribution >= 0.6 is 22.7 Å². The Kier molecular flexibility index (Phi) is 3.62. The average molecular weight is 301 g/mol. The molecule has 3 nitrogen and oxygen atoms in total. The van der Waals surface area contributed by atoms with Crippen LogP contribution in [0.15, 0.2) is 47.2 Å². The zero-order valence-corrected chi connectivity index (χ0v) is 12.1. The third-order valence-electron chi connectivity index (χ3n) is 2.88. The summed E-state index contributed by atoms with van der Waals surface area (Å²) in [6.45, 7) is 0. The minimum Gasteiger partial charge on any atom is -0.478 e. The number of aromatic carboxylic acids is 1. The van der Waals surface area contributed by atoms with Crippen LogP contribution in [0.1, 0.15) is 20.2 Å². The van der Waals surface area contributed by atoms with Gasteiger partial charge in [-0.1, -0.05) is 18.2 Å². The molecule has 0 fully saturated rings. The molecule has 0 aliphatic rings. The molecule has 0 aliphatic carbocycles. The van der Waals surface area contributed by atoms with Crippen LogP contribution in [0.4, 0.5) is 0 Å². The summed E-state index contributed by atoms with van der Waals surface area (Å²) >= 11 is 3.36. The van der Waals surface area contributed by atoms with E-state index < -0.39 is 5.97 Å². The number of aromatic nitrogens is 1. The van der Waals surface area contributed by atoms with Crippen molar-refractivity contribution in [2.24, 2.45) is 0 Å². The van der Waals surface area contributed by atoms with Crippen LogP contribution in [0.5, 0.6) is 0 Å². The van der Waals surface area contributed by atoms with Gasteiger partial charge in [0.1, 0.15) is 0 Å². The Hall–Kier alpha value is -1.98. The molecule has 2 heterocycles. The van der Waals surface area contributed by atoms with Crippen molar-refractivity contribution in [1.29, 1.82) is 0 Å². The molecule has 0 spiro atoms. The minimum atomic E-state index is -0.909. The number of carboxylic acid groups (broad SMARTS) is 1. The summed E-state index contributed by atoms with van der Waals surface area (Å²) < 4.78 is 0. The highest BCUT2D eigenvalue weighted by atomic mass is 32.1. The number of carboxylic acids is 1. The quantitative estimate of drug-likeness (QED) is 0.787. The van der Waals surface area contributed by atoms with Gasteiger partial charge in [0.05, 0.1) is 16.3 Å². The largest absolute Gasteiger partial charge is 0.478 e. The molecule has 0 radical (unpaired) electrons.